The molecule has 1 aliphatic rings. The van der Waals surface area contributed by atoms with E-state index in [0.717, 1.165) is 19.3 Å². The molecule has 0 N–H and O–H groups in total. The van der Waals surface area contributed by atoms with Gasteiger partial charge in [0.05, 0.1) is 0 Å². The molecule has 0 heteroatoms. The molecule has 44 heavy (non-hydrogen) atoms. The SMILES string of the molecule is C=CCc1ccccc1-c1ccc2c(c1C)-c1ccccc1C(c1ccc(Cc3ccccc3-c3ccccc3C)cc1)C2. The Hall–Kier alpha value is -4.94. The van der Waals surface area contributed by atoms with Crippen LogP contribution in [0, 0.1) is 13.8 Å². The molecule has 0 aromatic heterocycles. The molecule has 0 nitrogen and oxygen atoms in total. The fraction of sp³-hybridized carbons (Fsp3) is 0.136. The lowest BCUT2D eigenvalue weighted by Crippen LogP contribution is -2.14. The van der Waals surface area contributed by atoms with Crippen LogP contribution in [-0.4, -0.2) is 0 Å². The largest absolute Gasteiger partial charge is 0.103 e. The molecule has 0 saturated carbocycles. The molecule has 0 radical (unpaired) electrons. The third-order valence-electron chi connectivity index (χ3n) is 9.48. The lowest BCUT2D eigenvalue weighted by molar-refractivity contribution is 0.792. The number of benzene rings is 6. The molecule has 0 spiro atoms. The molecule has 0 saturated heterocycles. The van der Waals surface area contributed by atoms with E-state index in [0.29, 0.717) is 5.92 Å². The number of aryl methyl sites for hydroxylation is 1. The molecule has 214 valence electrons. The van der Waals surface area contributed by atoms with Gasteiger partial charge in [-0.3, -0.25) is 0 Å². The van der Waals surface area contributed by atoms with Gasteiger partial charge in [0.1, 0.15) is 0 Å². The van der Waals surface area contributed by atoms with E-state index < -0.39 is 0 Å². The molecule has 1 aliphatic carbocycles. The van der Waals surface area contributed by atoms with Crippen LogP contribution in [0.4, 0.5) is 0 Å². The second-order valence-electron chi connectivity index (χ2n) is 12.2. The van der Waals surface area contributed by atoms with Crippen LogP contribution in [0.15, 0.2) is 146 Å². The van der Waals surface area contributed by atoms with Crippen molar-refractivity contribution in [1.82, 2.24) is 0 Å². The maximum absolute atomic E-state index is 4.00. The summed E-state index contributed by atoms with van der Waals surface area (Å²) in [5, 5.41) is 0. The Labute approximate surface area is 262 Å². The molecule has 7 rings (SSSR count). The van der Waals surface area contributed by atoms with Crippen LogP contribution in [0.3, 0.4) is 0 Å². The minimum Gasteiger partial charge on any atom is -0.103 e. The van der Waals surface area contributed by atoms with E-state index in [1.165, 1.54) is 77.9 Å². The van der Waals surface area contributed by atoms with Crippen molar-refractivity contribution in [2.75, 3.05) is 0 Å². The smallest absolute Gasteiger partial charge is 0.0136 e. The number of hydrogen-bond acceptors (Lipinski definition) is 0. The van der Waals surface area contributed by atoms with Crippen LogP contribution < -0.4 is 0 Å². The summed E-state index contributed by atoms with van der Waals surface area (Å²) < 4.78 is 0. The van der Waals surface area contributed by atoms with E-state index in [1.54, 1.807) is 0 Å². The van der Waals surface area contributed by atoms with Gasteiger partial charge in [0.15, 0.2) is 0 Å². The second-order valence-corrected chi connectivity index (χ2v) is 12.2. The fourth-order valence-corrected chi connectivity index (χ4v) is 7.28. The number of fused-ring (bicyclic) bond motifs is 3. The highest BCUT2D eigenvalue weighted by Crippen LogP contribution is 2.46. The monoisotopic (exact) mass is 566 g/mol. The summed E-state index contributed by atoms with van der Waals surface area (Å²) in [4.78, 5) is 0. The highest BCUT2D eigenvalue weighted by atomic mass is 14.3. The summed E-state index contributed by atoms with van der Waals surface area (Å²) in [5.41, 5.74) is 19.0. The van der Waals surface area contributed by atoms with Crippen molar-refractivity contribution in [3.05, 3.63) is 191 Å². The van der Waals surface area contributed by atoms with Gasteiger partial charge < -0.3 is 0 Å². The first-order chi connectivity index (χ1) is 21.6. The summed E-state index contributed by atoms with van der Waals surface area (Å²) in [6, 6.07) is 49.5. The molecule has 0 bridgehead atoms. The van der Waals surface area contributed by atoms with Crippen molar-refractivity contribution in [3.8, 4) is 33.4 Å². The predicted octanol–water partition coefficient (Wildman–Crippen LogP) is 11.3. The number of allylic oxidation sites excluding steroid dienone is 1. The Balaban J connectivity index is 1.21. The van der Waals surface area contributed by atoms with Crippen molar-refractivity contribution in [2.24, 2.45) is 0 Å². The summed E-state index contributed by atoms with van der Waals surface area (Å²) in [6.45, 7) is 8.50. The Morgan fingerprint density at radius 2 is 1.20 bits per heavy atom. The van der Waals surface area contributed by atoms with Crippen LogP contribution in [-0.2, 0) is 19.3 Å². The first-order valence-corrected chi connectivity index (χ1v) is 15.8. The molecule has 6 aromatic rings. The van der Waals surface area contributed by atoms with Crippen LogP contribution in [0.2, 0.25) is 0 Å². The van der Waals surface area contributed by atoms with Gasteiger partial charge in [-0.05, 0) is 111 Å². The summed E-state index contributed by atoms with van der Waals surface area (Å²) >= 11 is 0. The summed E-state index contributed by atoms with van der Waals surface area (Å²) in [6.07, 6.45) is 4.81. The van der Waals surface area contributed by atoms with Gasteiger partial charge in [-0.15, -0.1) is 6.58 Å². The van der Waals surface area contributed by atoms with E-state index in [9.17, 15) is 0 Å². The summed E-state index contributed by atoms with van der Waals surface area (Å²) in [7, 11) is 0. The predicted molar refractivity (Wildman–Crippen MR) is 187 cm³/mol. The Bertz CT molecular complexity index is 1970. The molecule has 0 fully saturated rings. The van der Waals surface area contributed by atoms with E-state index in [4.69, 9.17) is 0 Å². The quantitative estimate of drug-likeness (QED) is 0.169. The van der Waals surface area contributed by atoms with Gasteiger partial charge in [0.25, 0.3) is 0 Å². The van der Waals surface area contributed by atoms with Crippen molar-refractivity contribution < 1.29 is 0 Å². The summed E-state index contributed by atoms with van der Waals surface area (Å²) in [5.74, 6) is 0.338. The zero-order chi connectivity index (χ0) is 30.0. The number of hydrogen-bond donors (Lipinski definition) is 0. The van der Waals surface area contributed by atoms with E-state index >= 15 is 0 Å². The molecule has 0 heterocycles. The van der Waals surface area contributed by atoms with Crippen LogP contribution in [0.1, 0.15) is 50.4 Å². The Kier molecular flexibility index (Phi) is 7.59. The lowest BCUT2D eigenvalue weighted by Gasteiger charge is -2.30. The number of rotatable bonds is 7. The average Bonchev–Trinajstić information content (AvgIpc) is 3.06. The average molecular weight is 567 g/mol. The van der Waals surface area contributed by atoms with Crippen LogP contribution >= 0.6 is 0 Å². The minimum atomic E-state index is 0.338. The fourth-order valence-electron chi connectivity index (χ4n) is 7.28. The van der Waals surface area contributed by atoms with E-state index in [1.807, 2.05) is 6.08 Å². The molecule has 1 atom stereocenters. The highest BCUT2D eigenvalue weighted by molar-refractivity contribution is 5.85. The van der Waals surface area contributed by atoms with E-state index in [2.05, 4.69) is 154 Å². The first kappa shape index (κ1) is 27.9. The van der Waals surface area contributed by atoms with Crippen molar-refractivity contribution >= 4 is 0 Å². The van der Waals surface area contributed by atoms with Gasteiger partial charge in [0.2, 0.25) is 0 Å². The zero-order valence-corrected chi connectivity index (χ0v) is 25.7. The van der Waals surface area contributed by atoms with E-state index in [-0.39, 0.29) is 0 Å². The standard InChI is InChI=1S/C44H38/c1-4-13-33-15-6-9-18-39(33)38-27-26-36-29-43(41-20-11-12-21-42(41)44(36)31(38)3)34-24-22-32(23-25-34)28-35-16-7-10-19-40(35)37-17-8-5-14-30(37)2/h4-12,14-27,43H,1,13,28-29H2,2-3H3. The van der Waals surface area contributed by atoms with Crippen molar-refractivity contribution in [1.29, 1.82) is 0 Å². The van der Waals surface area contributed by atoms with Gasteiger partial charge in [0, 0.05) is 5.92 Å². The molecular weight excluding hydrogens is 528 g/mol. The maximum atomic E-state index is 4.00. The third kappa shape index (κ3) is 5.12. The molecule has 0 aliphatic heterocycles. The first-order valence-electron chi connectivity index (χ1n) is 15.8. The van der Waals surface area contributed by atoms with Gasteiger partial charge in [-0.2, -0.15) is 0 Å². The maximum Gasteiger partial charge on any atom is 0.0136 e. The highest BCUT2D eigenvalue weighted by Gasteiger charge is 2.28. The van der Waals surface area contributed by atoms with Crippen LogP contribution in [0.25, 0.3) is 33.4 Å². The molecule has 0 amide bonds. The lowest BCUT2D eigenvalue weighted by atomic mass is 9.73. The third-order valence-corrected chi connectivity index (χ3v) is 9.48. The van der Waals surface area contributed by atoms with Gasteiger partial charge in [-0.25, -0.2) is 0 Å². The molecule has 1 unspecified atom stereocenters. The van der Waals surface area contributed by atoms with Gasteiger partial charge >= 0.3 is 0 Å². The topological polar surface area (TPSA) is 0 Å². The van der Waals surface area contributed by atoms with Crippen molar-refractivity contribution in [3.63, 3.8) is 0 Å². The Morgan fingerprint density at radius 1 is 0.591 bits per heavy atom. The Morgan fingerprint density at radius 3 is 1.93 bits per heavy atom. The molecule has 6 aromatic carbocycles. The molecular formula is C44H38. The van der Waals surface area contributed by atoms with Gasteiger partial charge in [-0.1, -0.05) is 140 Å². The van der Waals surface area contributed by atoms with Crippen molar-refractivity contribution in [2.45, 2.75) is 39.0 Å². The zero-order valence-electron chi connectivity index (χ0n) is 25.7. The second kappa shape index (κ2) is 12.0. The minimum absolute atomic E-state index is 0.338. The normalized spacial score (nSPS) is 13.6. The van der Waals surface area contributed by atoms with Crippen LogP contribution in [0.5, 0.6) is 0 Å².